The second kappa shape index (κ2) is 6.54. The smallest absolute Gasteiger partial charge is 0.267 e. The molecule has 1 aliphatic rings. The first-order valence-corrected chi connectivity index (χ1v) is 7.79. The number of carbonyl (C=O) groups excluding carboxylic acids is 1. The standard InChI is InChI=1S/C16H16N2O2S/c19-16(12-20-17-11-14-7-4-10-21-14)18-9-3-6-13-5-1-2-8-15(13)18/h1-2,4-5,7-8,10-11H,3,6,9,12H2/b17-11-. The van der Waals surface area contributed by atoms with Gasteiger partial charge in [-0.05, 0) is 35.9 Å². The summed E-state index contributed by atoms with van der Waals surface area (Å²) in [6, 6.07) is 11.9. The molecule has 2 heterocycles. The van der Waals surface area contributed by atoms with Gasteiger partial charge in [-0.1, -0.05) is 29.4 Å². The predicted octanol–water partition coefficient (Wildman–Crippen LogP) is 3.08. The molecule has 1 aliphatic heterocycles. The van der Waals surface area contributed by atoms with Gasteiger partial charge in [0.05, 0.1) is 6.21 Å². The first-order chi connectivity index (χ1) is 10.3. The van der Waals surface area contributed by atoms with E-state index in [2.05, 4.69) is 11.2 Å². The minimum absolute atomic E-state index is 0.0315. The third-order valence-corrected chi connectivity index (χ3v) is 4.20. The van der Waals surface area contributed by atoms with E-state index < -0.39 is 0 Å². The highest BCUT2D eigenvalue weighted by molar-refractivity contribution is 7.11. The van der Waals surface area contributed by atoms with E-state index >= 15 is 0 Å². The largest absolute Gasteiger partial charge is 0.386 e. The zero-order chi connectivity index (χ0) is 14.5. The maximum Gasteiger partial charge on any atom is 0.267 e. The number of carbonyl (C=O) groups is 1. The number of para-hydroxylation sites is 1. The third kappa shape index (κ3) is 3.31. The molecule has 5 heteroatoms. The zero-order valence-corrected chi connectivity index (χ0v) is 12.4. The molecule has 3 rings (SSSR count). The molecule has 4 nitrogen and oxygen atoms in total. The Kier molecular flexibility index (Phi) is 4.31. The van der Waals surface area contributed by atoms with Crippen molar-refractivity contribution in [3.05, 3.63) is 52.2 Å². The minimum atomic E-state index is -0.0505. The number of benzene rings is 1. The van der Waals surface area contributed by atoms with Crippen molar-refractivity contribution in [3.8, 4) is 0 Å². The van der Waals surface area contributed by atoms with Crippen molar-refractivity contribution in [2.75, 3.05) is 18.1 Å². The molecule has 0 bridgehead atoms. The van der Waals surface area contributed by atoms with Gasteiger partial charge in [-0.25, -0.2) is 0 Å². The van der Waals surface area contributed by atoms with Crippen LogP contribution in [0.1, 0.15) is 16.9 Å². The molecular weight excluding hydrogens is 284 g/mol. The molecule has 0 atom stereocenters. The van der Waals surface area contributed by atoms with Crippen molar-refractivity contribution < 1.29 is 9.63 Å². The lowest BCUT2D eigenvalue weighted by Crippen LogP contribution is -2.37. The van der Waals surface area contributed by atoms with E-state index in [4.69, 9.17) is 4.84 Å². The van der Waals surface area contributed by atoms with Gasteiger partial charge in [0.25, 0.3) is 5.91 Å². The van der Waals surface area contributed by atoms with Crippen molar-refractivity contribution >= 4 is 29.1 Å². The van der Waals surface area contributed by atoms with Crippen LogP contribution in [-0.4, -0.2) is 25.3 Å². The first kappa shape index (κ1) is 13.8. The van der Waals surface area contributed by atoms with E-state index in [1.54, 1.807) is 22.5 Å². The van der Waals surface area contributed by atoms with Crippen LogP contribution >= 0.6 is 11.3 Å². The van der Waals surface area contributed by atoms with Crippen molar-refractivity contribution in [2.45, 2.75) is 12.8 Å². The Balaban J connectivity index is 1.59. The summed E-state index contributed by atoms with van der Waals surface area (Å²) >= 11 is 1.58. The second-order valence-corrected chi connectivity index (χ2v) is 5.78. The predicted molar refractivity (Wildman–Crippen MR) is 85.0 cm³/mol. The van der Waals surface area contributed by atoms with Crippen molar-refractivity contribution in [2.24, 2.45) is 5.16 Å². The SMILES string of the molecule is O=C(CO/N=C\c1cccs1)N1CCCc2ccccc21. The van der Waals surface area contributed by atoms with E-state index in [1.165, 1.54) is 5.56 Å². The molecule has 2 aromatic rings. The number of aryl methyl sites for hydroxylation is 1. The lowest BCUT2D eigenvalue weighted by Gasteiger charge is -2.28. The van der Waals surface area contributed by atoms with Crippen LogP contribution in [0.4, 0.5) is 5.69 Å². The first-order valence-electron chi connectivity index (χ1n) is 6.92. The molecule has 0 spiro atoms. The normalized spacial score (nSPS) is 14.2. The molecule has 0 unspecified atom stereocenters. The van der Waals surface area contributed by atoms with Crippen LogP contribution in [0.5, 0.6) is 0 Å². The van der Waals surface area contributed by atoms with Gasteiger partial charge in [0, 0.05) is 17.1 Å². The second-order valence-electron chi connectivity index (χ2n) is 4.80. The number of hydrogen-bond donors (Lipinski definition) is 0. The molecule has 0 N–H and O–H groups in total. The molecule has 0 radical (unpaired) electrons. The van der Waals surface area contributed by atoms with E-state index in [0.29, 0.717) is 0 Å². The lowest BCUT2D eigenvalue weighted by atomic mass is 10.0. The molecular formula is C16H16N2O2S. The average molecular weight is 300 g/mol. The van der Waals surface area contributed by atoms with Gasteiger partial charge in [0.1, 0.15) is 0 Å². The van der Waals surface area contributed by atoms with Crippen LogP contribution in [0.3, 0.4) is 0 Å². The van der Waals surface area contributed by atoms with Gasteiger partial charge in [0.2, 0.25) is 0 Å². The Morgan fingerprint density at radius 1 is 1.33 bits per heavy atom. The fraction of sp³-hybridized carbons (Fsp3) is 0.250. The summed E-state index contributed by atoms with van der Waals surface area (Å²) in [4.78, 5) is 20.2. The highest BCUT2D eigenvalue weighted by atomic mass is 32.1. The van der Waals surface area contributed by atoms with Crippen molar-refractivity contribution in [1.29, 1.82) is 0 Å². The zero-order valence-electron chi connectivity index (χ0n) is 11.6. The number of hydrogen-bond acceptors (Lipinski definition) is 4. The van der Waals surface area contributed by atoms with E-state index in [0.717, 1.165) is 30.0 Å². The van der Waals surface area contributed by atoms with E-state index in [-0.39, 0.29) is 12.5 Å². The topological polar surface area (TPSA) is 41.9 Å². The summed E-state index contributed by atoms with van der Waals surface area (Å²) in [6.07, 6.45) is 3.64. The van der Waals surface area contributed by atoms with E-state index in [9.17, 15) is 4.79 Å². The number of oxime groups is 1. The highest BCUT2D eigenvalue weighted by Gasteiger charge is 2.22. The number of nitrogens with zero attached hydrogens (tertiary/aromatic N) is 2. The van der Waals surface area contributed by atoms with Gasteiger partial charge >= 0.3 is 0 Å². The molecule has 1 aromatic heterocycles. The molecule has 0 saturated heterocycles. The summed E-state index contributed by atoms with van der Waals surface area (Å²) < 4.78 is 0. The average Bonchev–Trinajstić information content (AvgIpc) is 3.04. The summed E-state index contributed by atoms with van der Waals surface area (Å²) in [6.45, 7) is 0.712. The summed E-state index contributed by atoms with van der Waals surface area (Å²) in [7, 11) is 0. The fourth-order valence-electron chi connectivity index (χ4n) is 2.42. The van der Waals surface area contributed by atoms with Gasteiger partial charge in [-0.3, -0.25) is 4.79 Å². The van der Waals surface area contributed by atoms with Crippen LogP contribution in [0.25, 0.3) is 0 Å². The number of rotatable bonds is 4. The Morgan fingerprint density at radius 2 is 2.24 bits per heavy atom. The molecule has 0 saturated carbocycles. The third-order valence-electron chi connectivity index (χ3n) is 3.40. The number of anilines is 1. The minimum Gasteiger partial charge on any atom is -0.386 e. The van der Waals surface area contributed by atoms with Gasteiger partial charge < -0.3 is 9.74 Å². The Morgan fingerprint density at radius 3 is 3.10 bits per heavy atom. The maximum atomic E-state index is 12.3. The van der Waals surface area contributed by atoms with Gasteiger partial charge in [0.15, 0.2) is 6.61 Å². The van der Waals surface area contributed by atoms with Crippen LogP contribution < -0.4 is 4.90 Å². The van der Waals surface area contributed by atoms with Crippen molar-refractivity contribution in [3.63, 3.8) is 0 Å². The summed E-state index contributed by atoms with van der Waals surface area (Å²) in [5, 5.41) is 5.81. The Hall–Kier alpha value is -2.14. The molecule has 0 aliphatic carbocycles. The molecule has 1 aromatic carbocycles. The van der Waals surface area contributed by atoms with Crippen LogP contribution in [0, 0.1) is 0 Å². The van der Waals surface area contributed by atoms with Gasteiger partial charge in [-0.2, -0.15) is 0 Å². The Labute approximate surface area is 127 Å². The molecule has 108 valence electrons. The van der Waals surface area contributed by atoms with Crippen molar-refractivity contribution in [1.82, 2.24) is 0 Å². The summed E-state index contributed by atoms with van der Waals surface area (Å²) in [5.74, 6) is -0.0505. The van der Waals surface area contributed by atoms with Crippen LogP contribution in [0.2, 0.25) is 0 Å². The molecule has 21 heavy (non-hydrogen) atoms. The van der Waals surface area contributed by atoms with Crippen LogP contribution in [0.15, 0.2) is 46.9 Å². The number of amides is 1. The number of thiophene rings is 1. The van der Waals surface area contributed by atoms with E-state index in [1.807, 2.05) is 35.7 Å². The monoisotopic (exact) mass is 300 g/mol. The maximum absolute atomic E-state index is 12.3. The number of fused-ring (bicyclic) bond motifs is 1. The Bertz CT molecular complexity index is 637. The molecule has 1 amide bonds. The lowest BCUT2D eigenvalue weighted by molar-refractivity contribution is -0.123. The quantitative estimate of drug-likeness (QED) is 0.643. The highest BCUT2D eigenvalue weighted by Crippen LogP contribution is 2.26. The van der Waals surface area contributed by atoms with Crippen LogP contribution in [-0.2, 0) is 16.1 Å². The fourth-order valence-corrected chi connectivity index (χ4v) is 2.99. The van der Waals surface area contributed by atoms with Gasteiger partial charge in [-0.15, -0.1) is 11.3 Å². The molecule has 0 fully saturated rings. The summed E-state index contributed by atoms with van der Waals surface area (Å²) in [5.41, 5.74) is 2.22.